The molecule has 0 amide bonds. The zero-order valence-electron chi connectivity index (χ0n) is 16.3. The van der Waals surface area contributed by atoms with Crippen LogP contribution >= 0.6 is 11.3 Å². The van der Waals surface area contributed by atoms with Crippen LogP contribution in [0.3, 0.4) is 0 Å². The van der Waals surface area contributed by atoms with E-state index in [1.807, 2.05) is 6.07 Å². The van der Waals surface area contributed by atoms with Gasteiger partial charge in [-0.25, -0.2) is 0 Å². The molecule has 3 aromatic heterocycles. The summed E-state index contributed by atoms with van der Waals surface area (Å²) < 4.78 is 7.33. The summed E-state index contributed by atoms with van der Waals surface area (Å²) in [7, 11) is 0. The number of allylic oxidation sites excluding steroid dienone is 1. The second-order valence-corrected chi connectivity index (χ2v) is 8.05. The van der Waals surface area contributed by atoms with Gasteiger partial charge in [0.15, 0.2) is 0 Å². The number of nitrogens with zero attached hydrogens (tertiary/aromatic N) is 4. The van der Waals surface area contributed by atoms with Crippen LogP contribution in [0, 0.1) is 22.7 Å². The molecule has 3 N–H and O–H groups in total. The predicted molar refractivity (Wildman–Crippen MR) is 118 cm³/mol. The highest BCUT2D eigenvalue weighted by molar-refractivity contribution is 7.07. The first-order chi connectivity index (χ1) is 15.5. The lowest BCUT2D eigenvalue weighted by atomic mass is 9.88. The lowest BCUT2D eigenvalue weighted by Crippen LogP contribution is -2.38. The first kappa shape index (κ1) is 19.4. The van der Waals surface area contributed by atoms with E-state index in [1.54, 1.807) is 42.6 Å². The molecule has 1 atom stereocenters. The molecule has 0 saturated carbocycles. The number of aromatic nitrogens is 2. The third-order valence-electron chi connectivity index (χ3n) is 5.29. The summed E-state index contributed by atoms with van der Waals surface area (Å²) >= 11 is 1.11. The summed E-state index contributed by atoms with van der Waals surface area (Å²) in [5.41, 5.74) is 7.18. The maximum absolute atomic E-state index is 13.3. The van der Waals surface area contributed by atoms with Crippen molar-refractivity contribution in [3.8, 4) is 17.9 Å². The Labute approximate surface area is 184 Å². The minimum absolute atomic E-state index is 0.0268. The van der Waals surface area contributed by atoms with Crippen molar-refractivity contribution in [1.82, 2.24) is 9.55 Å². The molecule has 0 fully saturated rings. The molecule has 5 rings (SSSR count). The normalized spacial score (nSPS) is 16.1. The number of furan rings is 1. The van der Waals surface area contributed by atoms with Gasteiger partial charge in [0, 0.05) is 11.6 Å². The molecule has 1 aliphatic rings. The molecule has 9 heteroatoms. The maximum Gasteiger partial charge on any atom is 0.274 e. The third kappa shape index (κ3) is 2.73. The zero-order valence-corrected chi connectivity index (χ0v) is 17.1. The first-order valence-electron chi connectivity index (χ1n) is 9.43. The van der Waals surface area contributed by atoms with Crippen molar-refractivity contribution in [3.63, 3.8) is 0 Å². The molecule has 0 aliphatic carbocycles. The van der Waals surface area contributed by atoms with Crippen LogP contribution < -0.4 is 20.5 Å². The number of phenols is 1. The summed E-state index contributed by atoms with van der Waals surface area (Å²) in [6, 6.07) is 14.2. The van der Waals surface area contributed by atoms with E-state index in [1.165, 1.54) is 16.9 Å². The fourth-order valence-corrected chi connectivity index (χ4v) is 4.96. The van der Waals surface area contributed by atoms with Crippen molar-refractivity contribution in [2.45, 2.75) is 5.92 Å². The van der Waals surface area contributed by atoms with Crippen molar-refractivity contribution >= 4 is 39.7 Å². The summed E-state index contributed by atoms with van der Waals surface area (Å²) in [5, 5.41) is 30.4. The molecule has 1 aliphatic heterocycles. The molecular formula is C23H13N5O3S. The van der Waals surface area contributed by atoms with Crippen molar-refractivity contribution < 1.29 is 9.52 Å². The summed E-state index contributed by atoms with van der Waals surface area (Å²) in [6.07, 6.45) is 4.69. The summed E-state index contributed by atoms with van der Waals surface area (Å²) in [5.74, 6) is -0.382. The molecule has 0 radical (unpaired) electrons. The lowest BCUT2D eigenvalue weighted by Gasteiger charge is -2.19. The van der Waals surface area contributed by atoms with E-state index in [0.717, 1.165) is 11.3 Å². The molecular weight excluding hydrogens is 426 g/mol. The van der Waals surface area contributed by atoms with Gasteiger partial charge in [-0.2, -0.15) is 10.5 Å². The number of rotatable bonds is 2. The SMILES string of the molecule is N#CC1=C(N)n2c(s/c(=C/c3ccc(O)c4ncccc34)c2=O)=C(C#N)C1c1ccco1. The predicted octanol–water partition coefficient (Wildman–Crippen LogP) is 1.71. The van der Waals surface area contributed by atoms with Crippen molar-refractivity contribution in [3.05, 3.63) is 85.3 Å². The van der Waals surface area contributed by atoms with E-state index in [0.29, 0.717) is 31.4 Å². The Kier molecular flexibility index (Phi) is 4.40. The van der Waals surface area contributed by atoms with Gasteiger partial charge in [0.25, 0.3) is 5.56 Å². The topological polar surface area (TPSA) is 142 Å². The quantitative estimate of drug-likeness (QED) is 0.484. The number of fused-ring (bicyclic) bond motifs is 2. The Bertz CT molecular complexity index is 1700. The molecule has 154 valence electrons. The molecule has 1 unspecified atom stereocenters. The smallest absolute Gasteiger partial charge is 0.274 e. The number of hydrogen-bond acceptors (Lipinski definition) is 8. The molecule has 0 bridgehead atoms. The van der Waals surface area contributed by atoms with Gasteiger partial charge in [0.2, 0.25) is 0 Å². The molecule has 4 heterocycles. The highest BCUT2D eigenvalue weighted by Crippen LogP contribution is 2.35. The van der Waals surface area contributed by atoms with E-state index >= 15 is 0 Å². The first-order valence-corrected chi connectivity index (χ1v) is 10.2. The summed E-state index contributed by atoms with van der Waals surface area (Å²) in [4.78, 5) is 17.5. The van der Waals surface area contributed by atoms with E-state index in [2.05, 4.69) is 11.1 Å². The van der Waals surface area contributed by atoms with Crippen molar-refractivity contribution in [1.29, 1.82) is 10.5 Å². The van der Waals surface area contributed by atoms with Gasteiger partial charge in [-0.05, 0) is 35.9 Å². The van der Waals surface area contributed by atoms with Crippen LogP contribution in [0.4, 0.5) is 0 Å². The number of pyridine rings is 1. The number of nitriles is 2. The van der Waals surface area contributed by atoms with E-state index in [-0.39, 0.29) is 22.7 Å². The second kappa shape index (κ2) is 7.27. The molecule has 4 aromatic rings. The van der Waals surface area contributed by atoms with Crippen LogP contribution in [0.1, 0.15) is 17.2 Å². The highest BCUT2D eigenvalue weighted by atomic mass is 32.1. The van der Waals surface area contributed by atoms with Gasteiger partial charge in [-0.1, -0.05) is 12.1 Å². The van der Waals surface area contributed by atoms with Gasteiger partial charge in [-0.3, -0.25) is 14.3 Å². The Hall–Kier alpha value is -4.60. The Morgan fingerprint density at radius 3 is 2.72 bits per heavy atom. The van der Waals surface area contributed by atoms with Crippen LogP contribution in [0.15, 0.2) is 63.6 Å². The average Bonchev–Trinajstić information content (AvgIpc) is 3.44. The summed E-state index contributed by atoms with van der Waals surface area (Å²) in [6.45, 7) is 0. The monoisotopic (exact) mass is 439 g/mol. The number of benzene rings is 1. The minimum Gasteiger partial charge on any atom is -0.506 e. The van der Waals surface area contributed by atoms with E-state index < -0.39 is 11.5 Å². The maximum atomic E-state index is 13.3. The van der Waals surface area contributed by atoms with Gasteiger partial charge in [0.1, 0.15) is 27.5 Å². The molecule has 0 spiro atoms. The lowest BCUT2D eigenvalue weighted by molar-refractivity contribution is 0.480. The van der Waals surface area contributed by atoms with Crippen molar-refractivity contribution in [2.24, 2.45) is 5.73 Å². The fourth-order valence-electron chi connectivity index (χ4n) is 3.84. The van der Waals surface area contributed by atoms with Crippen LogP contribution in [0.25, 0.3) is 28.4 Å². The molecule has 8 nitrogen and oxygen atoms in total. The van der Waals surface area contributed by atoms with Gasteiger partial charge in [0.05, 0.1) is 40.0 Å². The highest BCUT2D eigenvalue weighted by Gasteiger charge is 2.33. The number of hydrogen-bond donors (Lipinski definition) is 2. The van der Waals surface area contributed by atoms with Gasteiger partial charge >= 0.3 is 0 Å². The Morgan fingerprint density at radius 1 is 1.19 bits per heavy atom. The van der Waals surface area contributed by atoms with E-state index in [4.69, 9.17) is 10.2 Å². The second-order valence-electron chi connectivity index (χ2n) is 7.01. The number of nitrogens with two attached hydrogens (primary N) is 1. The van der Waals surface area contributed by atoms with E-state index in [9.17, 15) is 20.4 Å². The number of aromatic hydroxyl groups is 1. The van der Waals surface area contributed by atoms with Crippen LogP contribution in [0.5, 0.6) is 5.75 Å². The standard InChI is InChI=1S/C23H13N5O3S/c24-10-14-19(17-4-2-8-31-17)15(11-25)23-28(21(14)26)22(30)18(32-23)9-12-5-6-16(29)20-13(12)3-1-7-27-20/h1-9,19,29H,26H2/b18-9+. The van der Waals surface area contributed by atoms with Gasteiger partial charge < -0.3 is 15.3 Å². The Balaban J connectivity index is 1.85. The molecule has 32 heavy (non-hydrogen) atoms. The zero-order chi connectivity index (χ0) is 22.4. The average molecular weight is 439 g/mol. The number of phenolic OH excluding ortho intramolecular Hbond substituents is 1. The third-order valence-corrected chi connectivity index (χ3v) is 6.39. The molecule has 1 aromatic carbocycles. The van der Waals surface area contributed by atoms with Crippen LogP contribution in [0.2, 0.25) is 0 Å². The largest absolute Gasteiger partial charge is 0.506 e. The van der Waals surface area contributed by atoms with Gasteiger partial charge in [-0.15, -0.1) is 11.3 Å². The Morgan fingerprint density at radius 2 is 2.00 bits per heavy atom. The molecule has 0 saturated heterocycles. The van der Waals surface area contributed by atoms with Crippen LogP contribution in [-0.4, -0.2) is 14.7 Å². The van der Waals surface area contributed by atoms with Crippen molar-refractivity contribution in [2.75, 3.05) is 0 Å². The van der Waals surface area contributed by atoms with Crippen LogP contribution in [-0.2, 0) is 0 Å². The number of thiazole rings is 1. The fraction of sp³-hybridized carbons (Fsp3) is 0.0435. The minimum atomic E-state index is -0.787.